The maximum absolute atomic E-state index is 11.1. The second-order valence-corrected chi connectivity index (χ2v) is 8.92. The third kappa shape index (κ3) is 3.85. The van der Waals surface area contributed by atoms with E-state index in [2.05, 4.69) is 22.8 Å². The molecule has 1 unspecified atom stereocenters. The van der Waals surface area contributed by atoms with Gasteiger partial charge in [-0.15, -0.1) is 0 Å². The minimum Gasteiger partial charge on any atom is -0.478 e. The quantitative estimate of drug-likeness (QED) is 0.733. The van der Waals surface area contributed by atoms with Crippen molar-refractivity contribution in [3.8, 4) is 6.07 Å². The Morgan fingerprint density at radius 2 is 1.87 bits per heavy atom. The second kappa shape index (κ2) is 8.20. The molecular formula is C24H26ClN3O2. The molecule has 0 aliphatic carbocycles. The largest absolute Gasteiger partial charge is 0.478 e. The summed E-state index contributed by atoms with van der Waals surface area (Å²) in [6.45, 7) is 5.20. The van der Waals surface area contributed by atoms with Crippen LogP contribution in [0.3, 0.4) is 0 Å². The van der Waals surface area contributed by atoms with E-state index in [0.717, 1.165) is 50.3 Å². The number of anilines is 2. The van der Waals surface area contributed by atoms with Crippen molar-refractivity contribution in [2.24, 2.45) is 5.41 Å². The lowest BCUT2D eigenvalue weighted by Gasteiger charge is -2.40. The van der Waals surface area contributed by atoms with Crippen molar-refractivity contribution < 1.29 is 9.90 Å². The van der Waals surface area contributed by atoms with Crippen LogP contribution in [0, 0.1) is 16.7 Å². The molecule has 2 aliphatic rings. The summed E-state index contributed by atoms with van der Waals surface area (Å²) in [6, 6.07) is 15.6. The van der Waals surface area contributed by atoms with Gasteiger partial charge in [0.25, 0.3) is 0 Å². The summed E-state index contributed by atoms with van der Waals surface area (Å²) in [5.74, 6) is -0.890. The van der Waals surface area contributed by atoms with Gasteiger partial charge in [-0.05, 0) is 73.6 Å². The Morgan fingerprint density at radius 1 is 1.20 bits per heavy atom. The molecule has 2 heterocycles. The minimum atomic E-state index is -0.890. The molecular weight excluding hydrogens is 398 g/mol. The summed E-state index contributed by atoms with van der Waals surface area (Å²) in [5, 5.41) is 18.8. The SMILES string of the molecule is CCC1CC2(CCN(c3ccc(C(=O)O)cc3)CC2)CN1c1ccc(C#N)c(Cl)c1. The Bertz CT molecular complexity index is 975. The number of carboxylic acid groups (broad SMARTS) is 1. The van der Waals surface area contributed by atoms with E-state index in [9.17, 15) is 4.79 Å². The lowest BCUT2D eigenvalue weighted by molar-refractivity contribution is 0.0697. The highest BCUT2D eigenvalue weighted by Crippen LogP contribution is 2.46. The summed E-state index contributed by atoms with van der Waals surface area (Å²) in [6.07, 6.45) is 4.49. The van der Waals surface area contributed by atoms with Gasteiger partial charge in [0, 0.05) is 37.1 Å². The number of rotatable bonds is 4. The lowest BCUT2D eigenvalue weighted by Crippen LogP contribution is -2.41. The molecule has 0 saturated carbocycles. The van der Waals surface area contributed by atoms with Crippen LogP contribution >= 0.6 is 11.6 Å². The van der Waals surface area contributed by atoms with E-state index >= 15 is 0 Å². The number of nitrogens with zero attached hydrogens (tertiary/aromatic N) is 3. The zero-order valence-electron chi connectivity index (χ0n) is 17.1. The number of carbonyl (C=O) groups is 1. The van der Waals surface area contributed by atoms with Gasteiger partial charge >= 0.3 is 5.97 Å². The van der Waals surface area contributed by atoms with Gasteiger partial charge < -0.3 is 14.9 Å². The molecule has 2 aromatic rings. The molecule has 5 nitrogen and oxygen atoms in total. The second-order valence-electron chi connectivity index (χ2n) is 8.51. The van der Waals surface area contributed by atoms with Crippen molar-refractivity contribution >= 4 is 28.9 Å². The first-order valence-corrected chi connectivity index (χ1v) is 10.9. The zero-order chi connectivity index (χ0) is 21.3. The lowest BCUT2D eigenvalue weighted by atomic mass is 9.76. The predicted molar refractivity (Wildman–Crippen MR) is 119 cm³/mol. The van der Waals surface area contributed by atoms with Crippen LogP contribution in [-0.2, 0) is 0 Å². The van der Waals surface area contributed by atoms with E-state index in [1.54, 1.807) is 12.1 Å². The molecule has 1 spiro atoms. The van der Waals surface area contributed by atoms with Gasteiger partial charge in [0.15, 0.2) is 0 Å². The van der Waals surface area contributed by atoms with E-state index in [-0.39, 0.29) is 0 Å². The maximum atomic E-state index is 11.1. The van der Waals surface area contributed by atoms with Gasteiger partial charge in [-0.1, -0.05) is 18.5 Å². The Morgan fingerprint density at radius 3 is 2.43 bits per heavy atom. The number of nitriles is 1. The summed E-state index contributed by atoms with van der Waals surface area (Å²) in [5.41, 5.74) is 3.33. The molecule has 1 atom stereocenters. The summed E-state index contributed by atoms with van der Waals surface area (Å²) < 4.78 is 0. The van der Waals surface area contributed by atoms with Crippen LogP contribution in [0.2, 0.25) is 5.02 Å². The highest BCUT2D eigenvalue weighted by Gasteiger charge is 2.45. The van der Waals surface area contributed by atoms with Crippen LogP contribution in [0.5, 0.6) is 0 Å². The number of aromatic carboxylic acids is 1. The summed E-state index contributed by atoms with van der Waals surface area (Å²) in [4.78, 5) is 15.9. The van der Waals surface area contributed by atoms with Crippen LogP contribution < -0.4 is 9.80 Å². The van der Waals surface area contributed by atoms with Gasteiger partial charge in [-0.25, -0.2) is 4.79 Å². The molecule has 0 radical (unpaired) electrons. The van der Waals surface area contributed by atoms with Crippen LogP contribution in [0.15, 0.2) is 42.5 Å². The summed E-state index contributed by atoms with van der Waals surface area (Å²) >= 11 is 6.30. The molecule has 2 aromatic carbocycles. The van der Waals surface area contributed by atoms with Crippen LogP contribution in [-0.4, -0.2) is 36.8 Å². The smallest absolute Gasteiger partial charge is 0.335 e. The first kappa shape index (κ1) is 20.6. The van der Waals surface area contributed by atoms with Crippen molar-refractivity contribution in [1.82, 2.24) is 0 Å². The number of hydrogen-bond acceptors (Lipinski definition) is 4. The van der Waals surface area contributed by atoms with E-state index in [1.807, 2.05) is 30.3 Å². The molecule has 0 bridgehead atoms. The Balaban J connectivity index is 1.47. The standard InChI is InChI=1S/C24H26ClN3O2/c1-2-19-14-24(16-28(19)21-8-5-18(15-26)22(25)13-21)9-11-27(12-10-24)20-6-3-17(4-7-20)23(29)30/h3-8,13,19H,2,9-12,14,16H2,1H3,(H,29,30). The highest BCUT2D eigenvalue weighted by atomic mass is 35.5. The van der Waals surface area contributed by atoms with Crippen molar-refractivity contribution in [3.63, 3.8) is 0 Å². The van der Waals surface area contributed by atoms with E-state index in [0.29, 0.717) is 27.6 Å². The van der Waals surface area contributed by atoms with Gasteiger partial charge in [0.05, 0.1) is 16.1 Å². The Hall–Kier alpha value is -2.71. The number of piperidine rings is 1. The fraction of sp³-hybridized carbons (Fsp3) is 0.417. The van der Waals surface area contributed by atoms with Crippen molar-refractivity contribution in [3.05, 3.63) is 58.6 Å². The molecule has 2 saturated heterocycles. The predicted octanol–water partition coefficient (Wildman–Crippen LogP) is 5.19. The molecule has 30 heavy (non-hydrogen) atoms. The number of carboxylic acids is 1. The van der Waals surface area contributed by atoms with Gasteiger partial charge in [0.1, 0.15) is 6.07 Å². The third-order valence-electron chi connectivity index (χ3n) is 6.79. The third-order valence-corrected chi connectivity index (χ3v) is 7.11. The maximum Gasteiger partial charge on any atom is 0.335 e. The Labute approximate surface area is 182 Å². The topological polar surface area (TPSA) is 67.6 Å². The van der Waals surface area contributed by atoms with Crippen LogP contribution in [0.1, 0.15) is 48.5 Å². The van der Waals surface area contributed by atoms with Gasteiger partial charge in [0.2, 0.25) is 0 Å². The summed E-state index contributed by atoms with van der Waals surface area (Å²) in [7, 11) is 0. The molecule has 1 N–H and O–H groups in total. The minimum absolute atomic E-state index is 0.290. The van der Waals surface area contributed by atoms with Crippen LogP contribution in [0.25, 0.3) is 0 Å². The monoisotopic (exact) mass is 423 g/mol. The van der Waals surface area contributed by atoms with Crippen molar-refractivity contribution in [2.45, 2.75) is 38.6 Å². The average molecular weight is 424 g/mol. The molecule has 4 rings (SSSR count). The molecule has 156 valence electrons. The Kier molecular flexibility index (Phi) is 5.62. The van der Waals surface area contributed by atoms with Crippen LogP contribution in [0.4, 0.5) is 11.4 Å². The van der Waals surface area contributed by atoms with E-state index < -0.39 is 5.97 Å². The van der Waals surface area contributed by atoms with Crippen molar-refractivity contribution in [2.75, 3.05) is 29.4 Å². The van der Waals surface area contributed by atoms with Crippen molar-refractivity contribution in [1.29, 1.82) is 5.26 Å². The number of hydrogen-bond donors (Lipinski definition) is 1. The molecule has 6 heteroatoms. The highest BCUT2D eigenvalue weighted by molar-refractivity contribution is 6.32. The molecule has 2 aliphatic heterocycles. The van der Waals surface area contributed by atoms with E-state index in [4.69, 9.17) is 22.0 Å². The molecule has 0 aromatic heterocycles. The zero-order valence-corrected chi connectivity index (χ0v) is 17.9. The van der Waals surface area contributed by atoms with Gasteiger partial charge in [-0.3, -0.25) is 0 Å². The number of benzene rings is 2. The number of halogens is 1. The normalized spacial score (nSPS) is 20.4. The first-order chi connectivity index (χ1) is 14.4. The molecule has 2 fully saturated rings. The molecule has 0 amide bonds. The first-order valence-electron chi connectivity index (χ1n) is 10.5. The van der Waals surface area contributed by atoms with E-state index in [1.165, 1.54) is 6.42 Å². The van der Waals surface area contributed by atoms with Gasteiger partial charge in [-0.2, -0.15) is 5.26 Å². The fourth-order valence-electron chi connectivity index (χ4n) is 5.02. The fourth-order valence-corrected chi connectivity index (χ4v) is 5.24. The average Bonchev–Trinajstić information content (AvgIpc) is 3.12.